The number of carbonyl (C=O) groups excluding carboxylic acids is 1. The highest BCUT2D eigenvalue weighted by atomic mass is 19.1. The summed E-state index contributed by atoms with van der Waals surface area (Å²) in [4.78, 5) is 17.2. The number of para-hydroxylation sites is 1. The minimum atomic E-state index is -0.364. The number of methoxy groups -OCH3 is 1. The minimum Gasteiger partial charge on any atom is -0.466 e. The fraction of sp³-hybridized carbons (Fsp3) is 0.233. The number of hydrogen-bond donors (Lipinski definition) is 1. The van der Waals surface area contributed by atoms with Crippen LogP contribution in [0.1, 0.15) is 40.3 Å². The van der Waals surface area contributed by atoms with Crippen LogP contribution in [0.15, 0.2) is 79.0 Å². The largest absolute Gasteiger partial charge is 0.466 e. The molecule has 0 spiro atoms. The highest BCUT2D eigenvalue weighted by Gasteiger charge is 2.28. The van der Waals surface area contributed by atoms with Crippen LogP contribution in [0.5, 0.6) is 0 Å². The summed E-state index contributed by atoms with van der Waals surface area (Å²) in [6.45, 7) is 1.38. The predicted octanol–water partition coefficient (Wildman–Crippen LogP) is 6.23. The van der Waals surface area contributed by atoms with E-state index in [9.17, 15) is 9.18 Å². The Kier molecular flexibility index (Phi) is 6.77. The van der Waals surface area contributed by atoms with E-state index in [4.69, 9.17) is 4.74 Å². The summed E-state index contributed by atoms with van der Waals surface area (Å²) in [5.74, 6) is -0.525. The molecule has 0 radical (unpaired) electrons. The summed E-state index contributed by atoms with van der Waals surface area (Å²) in [7, 11) is 1.38. The van der Waals surface area contributed by atoms with Crippen LogP contribution in [-0.4, -0.2) is 29.5 Å². The molecule has 1 unspecified atom stereocenters. The summed E-state index contributed by atoms with van der Waals surface area (Å²) in [5.41, 5.74) is 6.69. The number of nitrogens with one attached hydrogen (secondary N) is 1. The van der Waals surface area contributed by atoms with Crippen molar-refractivity contribution in [1.29, 1.82) is 0 Å². The van der Waals surface area contributed by atoms with Gasteiger partial charge in [0, 0.05) is 47.9 Å². The number of esters is 1. The van der Waals surface area contributed by atoms with Crippen LogP contribution in [0.3, 0.4) is 0 Å². The van der Waals surface area contributed by atoms with E-state index >= 15 is 0 Å². The molecule has 0 fully saturated rings. The van der Waals surface area contributed by atoms with Gasteiger partial charge in [-0.25, -0.2) is 9.18 Å². The first kappa shape index (κ1) is 23.1. The zero-order chi connectivity index (χ0) is 24.2. The van der Waals surface area contributed by atoms with Crippen LogP contribution < -0.4 is 0 Å². The summed E-state index contributed by atoms with van der Waals surface area (Å²) < 4.78 is 19.3. The molecule has 35 heavy (non-hydrogen) atoms. The molecule has 3 aromatic carbocycles. The van der Waals surface area contributed by atoms with Crippen molar-refractivity contribution in [3.63, 3.8) is 0 Å². The van der Waals surface area contributed by atoms with Gasteiger partial charge in [-0.2, -0.15) is 0 Å². The van der Waals surface area contributed by atoms with Crippen LogP contribution in [0.4, 0.5) is 4.39 Å². The first-order valence-corrected chi connectivity index (χ1v) is 12.0. The van der Waals surface area contributed by atoms with Crippen LogP contribution >= 0.6 is 0 Å². The molecule has 1 N–H and O–H groups in total. The molecule has 0 aliphatic heterocycles. The highest BCUT2D eigenvalue weighted by Crippen LogP contribution is 2.37. The predicted molar refractivity (Wildman–Crippen MR) is 137 cm³/mol. The van der Waals surface area contributed by atoms with Crippen molar-refractivity contribution in [3.8, 4) is 0 Å². The van der Waals surface area contributed by atoms with E-state index in [2.05, 4.69) is 46.4 Å². The zero-order valence-electron chi connectivity index (χ0n) is 19.8. The average molecular weight is 469 g/mol. The first-order valence-electron chi connectivity index (χ1n) is 12.0. The smallest absolute Gasteiger partial charge is 0.330 e. The second-order valence-corrected chi connectivity index (χ2v) is 9.04. The second-order valence-electron chi connectivity index (χ2n) is 9.04. The quantitative estimate of drug-likeness (QED) is 0.246. The number of fused-ring (bicyclic) bond motifs is 2. The van der Waals surface area contributed by atoms with Gasteiger partial charge in [0.15, 0.2) is 0 Å². The van der Waals surface area contributed by atoms with E-state index in [-0.39, 0.29) is 17.8 Å². The number of aromatic nitrogens is 1. The third-order valence-corrected chi connectivity index (χ3v) is 6.94. The van der Waals surface area contributed by atoms with Gasteiger partial charge in [-0.15, -0.1) is 0 Å². The van der Waals surface area contributed by atoms with Crippen molar-refractivity contribution in [3.05, 3.63) is 113 Å². The van der Waals surface area contributed by atoms with Crippen LogP contribution in [-0.2, 0) is 28.9 Å². The van der Waals surface area contributed by atoms with E-state index in [1.165, 1.54) is 41.3 Å². The van der Waals surface area contributed by atoms with Gasteiger partial charge in [0.05, 0.1) is 7.11 Å². The van der Waals surface area contributed by atoms with Gasteiger partial charge in [-0.3, -0.25) is 4.90 Å². The van der Waals surface area contributed by atoms with Crippen molar-refractivity contribution in [1.82, 2.24) is 9.88 Å². The van der Waals surface area contributed by atoms with Gasteiger partial charge in [0.25, 0.3) is 0 Å². The Morgan fingerprint density at radius 3 is 2.80 bits per heavy atom. The number of aryl methyl sites for hydroxylation is 1. The van der Waals surface area contributed by atoms with Crippen molar-refractivity contribution in [2.24, 2.45) is 0 Å². The highest BCUT2D eigenvalue weighted by molar-refractivity contribution is 5.87. The standard InChI is InChI=1S/C30H29FN2O2/c1-35-30(34)15-11-21-10-13-26-22(18-21)12-14-29(26)33(20-24-6-2-4-8-27(24)31)17-16-23-19-32-28-9-5-3-7-25(23)28/h2-11,13,15,18-19,29,32H,12,14,16-17,20H2,1H3/b15-11+. The van der Waals surface area contributed by atoms with Crippen LogP contribution in [0.25, 0.3) is 17.0 Å². The maximum Gasteiger partial charge on any atom is 0.330 e. The molecular weight excluding hydrogens is 439 g/mol. The Balaban J connectivity index is 1.41. The van der Waals surface area contributed by atoms with Gasteiger partial charge in [0.2, 0.25) is 0 Å². The van der Waals surface area contributed by atoms with E-state index in [0.717, 1.165) is 42.5 Å². The molecule has 4 nitrogen and oxygen atoms in total. The van der Waals surface area contributed by atoms with Gasteiger partial charge < -0.3 is 9.72 Å². The molecule has 1 atom stereocenters. The Bertz CT molecular complexity index is 1370. The third-order valence-electron chi connectivity index (χ3n) is 6.94. The lowest BCUT2D eigenvalue weighted by Crippen LogP contribution is -2.29. The lowest BCUT2D eigenvalue weighted by atomic mass is 10.0. The average Bonchev–Trinajstić information content (AvgIpc) is 3.50. The summed E-state index contributed by atoms with van der Waals surface area (Å²) in [6, 6.07) is 22.0. The number of carbonyl (C=O) groups is 1. The minimum absolute atomic E-state index is 0.161. The molecule has 0 bridgehead atoms. The van der Waals surface area contributed by atoms with E-state index in [1.54, 1.807) is 12.1 Å². The Hall–Kier alpha value is -3.70. The maximum absolute atomic E-state index is 14.6. The van der Waals surface area contributed by atoms with E-state index in [1.807, 2.05) is 24.3 Å². The topological polar surface area (TPSA) is 45.3 Å². The molecule has 0 saturated carbocycles. The number of ether oxygens (including phenoxy) is 1. The van der Waals surface area contributed by atoms with Crippen LogP contribution in [0.2, 0.25) is 0 Å². The molecule has 1 aromatic heterocycles. The molecule has 5 heteroatoms. The summed E-state index contributed by atoms with van der Waals surface area (Å²) in [5, 5.41) is 1.24. The lowest BCUT2D eigenvalue weighted by Gasteiger charge is -2.30. The number of H-pyrrole nitrogens is 1. The molecule has 1 heterocycles. The number of rotatable bonds is 8. The second kappa shape index (κ2) is 10.3. The number of benzene rings is 3. The van der Waals surface area contributed by atoms with Crippen molar-refractivity contribution in [2.45, 2.75) is 31.8 Å². The molecule has 4 aromatic rings. The van der Waals surface area contributed by atoms with Crippen molar-refractivity contribution < 1.29 is 13.9 Å². The van der Waals surface area contributed by atoms with E-state index in [0.29, 0.717) is 6.54 Å². The SMILES string of the molecule is COC(=O)/C=C/c1ccc2c(c1)CCC2N(CCc1c[nH]c2ccccc12)Cc1ccccc1F. The lowest BCUT2D eigenvalue weighted by molar-refractivity contribution is -0.134. The molecule has 1 aliphatic carbocycles. The molecule has 178 valence electrons. The van der Waals surface area contributed by atoms with Gasteiger partial charge in [-0.05, 0) is 59.7 Å². The maximum atomic E-state index is 14.6. The molecule has 0 saturated heterocycles. The summed E-state index contributed by atoms with van der Waals surface area (Å²) >= 11 is 0. The third kappa shape index (κ3) is 5.05. The van der Waals surface area contributed by atoms with Crippen molar-refractivity contribution in [2.75, 3.05) is 13.7 Å². The fourth-order valence-electron chi connectivity index (χ4n) is 5.12. The fourth-order valence-corrected chi connectivity index (χ4v) is 5.12. The number of aromatic amines is 1. The van der Waals surface area contributed by atoms with Crippen molar-refractivity contribution >= 4 is 22.9 Å². The monoisotopic (exact) mass is 468 g/mol. The Morgan fingerprint density at radius 2 is 1.94 bits per heavy atom. The molecule has 1 aliphatic rings. The van der Waals surface area contributed by atoms with Gasteiger partial charge in [-0.1, -0.05) is 54.6 Å². The Labute approximate surface area is 205 Å². The number of nitrogens with zero attached hydrogens (tertiary/aromatic N) is 1. The number of halogens is 1. The van der Waals surface area contributed by atoms with Crippen LogP contribution in [0, 0.1) is 5.82 Å². The zero-order valence-corrected chi connectivity index (χ0v) is 19.8. The number of hydrogen-bond acceptors (Lipinski definition) is 3. The Morgan fingerprint density at radius 1 is 1.11 bits per heavy atom. The van der Waals surface area contributed by atoms with E-state index < -0.39 is 0 Å². The van der Waals surface area contributed by atoms with Gasteiger partial charge >= 0.3 is 5.97 Å². The summed E-state index contributed by atoms with van der Waals surface area (Å²) in [6.07, 6.45) is 8.15. The first-order chi connectivity index (χ1) is 17.1. The molecular formula is C30H29FN2O2. The molecule has 0 amide bonds. The molecule has 5 rings (SSSR count). The normalized spacial score (nSPS) is 15.2. The van der Waals surface area contributed by atoms with Gasteiger partial charge in [0.1, 0.15) is 5.82 Å².